The van der Waals surface area contributed by atoms with Crippen molar-refractivity contribution in [1.82, 2.24) is 20.0 Å². The number of hydrogen-bond donors (Lipinski definition) is 2. The van der Waals surface area contributed by atoms with Crippen LogP contribution < -0.4 is 5.32 Å². The first-order chi connectivity index (χ1) is 12.3. The highest BCUT2D eigenvalue weighted by atomic mass is 79.9. The third kappa shape index (κ3) is 3.62. The van der Waals surface area contributed by atoms with E-state index in [2.05, 4.69) is 31.2 Å². The number of nitrogens with one attached hydrogen (secondary N) is 1. The summed E-state index contributed by atoms with van der Waals surface area (Å²) in [7, 11) is 0. The van der Waals surface area contributed by atoms with E-state index in [1.165, 1.54) is 0 Å². The minimum absolute atomic E-state index is 0.127. The highest BCUT2D eigenvalue weighted by Crippen LogP contribution is 2.32. The maximum Gasteiger partial charge on any atom is 0.408 e. The van der Waals surface area contributed by atoms with Gasteiger partial charge in [0.15, 0.2) is 6.23 Å². The predicted octanol–water partition coefficient (Wildman–Crippen LogP) is 3.04. The lowest BCUT2D eigenvalue weighted by atomic mass is 9.84. The fraction of sp³-hybridized carbons (Fsp3) is 0.588. The first kappa shape index (κ1) is 18.2. The van der Waals surface area contributed by atoms with Crippen LogP contribution in [-0.2, 0) is 6.54 Å². The molecule has 0 aliphatic carbocycles. The number of hydrogen-bond acceptors (Lipinski definition) is 4. The van der Waals surface area contributed by atoms with Crippen molar-refractivity contribution in [3.05, 3.63) is 28.4 Å². The lowest BCUT2D eigenvalue weighted by Gasteiger charge is -2.45. The lowest BCUT2D eigenvalue weighted by Crippen LogP contribution is -2.56. The van der Waals surface area contributed by atoms with E-state index >= 15 is 0 Å². The van der Waals surface area contributed by atoms with Crippen molar-refractivity contribution in [2.24, 2.45) is 5.92 Å². The summed E-state index contributed by atoms with van der Waals surface area (Å²) in [5, 5.41) is 18.5. The standard InChI is InChI=1S/C17H20BrF3N4O/c18-11-1-2-14-12(7-11)15(23-25(14)9-17(19,20)21)16(26)22-13-8-24-5-3-10(13)4-6-24/h1-2,7,10,13,16,22,26H,3-6,8-9H2/t13-,16?/m1/s1. The van der Waals surface area contributed by atoms with Gasteiger partial charge in [-0.15, -0.1) is 0 Å². The molecule has 9 heteroatoms. The Morgan fingerprint density at radius 3 is 2.65 bits per heavy atom. The third-order valence-electron chi connectivity index (χ3n) is 5.36. The van der Waals surface area contributed by atoms with Gasteiger partial charge in [0.05, 0.1) is 5.52 Å². The monoisotopic (exact) mass is 432 g/mol. The molecule has 3 saturated heterocycles. The molecule has 2 aromatic rings. The van der Waals surface area contributed by atoms with E-state index in [0.29, 0.717) is 16.8 Å². The smallest absolute Gasteiger partial charge is 0.373 e. The largest absolute Gasteiger partial charge is 0.408 e. The van der Waals surface area contributed by atoms with E-state index in [1.807, 2.05) is 0 Å². The molecule has 3 fully saturated rings. The normalized spacial score (nSPS) is 27.2. The molecule has 0 amide bonds. The summed E-state index contributed by atoms with van der Waals surface area (Å²) in [5.41, 5.74) is 0.595. The number of fused-ring (bicyclic) bond motifs is 4. The second-order valence-electron chi connectivity index (χ2n) is 7.13. The molecule has 0 radical (unpaired) electrons. The summed E-state index contributed by atoms with van der Waals surface area (Å²) in [4.78, 5) is 2.35. The van der Waals surface area contributed by atoms with Gasteiger partial charge in [0, 0.05) is 22.4 Å². The van der Waals surface area contributed by atoms with Gasteiger partial charge in [0.2, 0.25) is 0 Å². The van der Waals surface area contributed by atoms with Crippen LogP contribution in [0.3, 0.4) is 0 Å². The van der Waals surface area contributed by atoms with Crippen LogP contribution in [0.1, 0.15) is 24.8 Å². The zero-order valence-corrected chi connectivity index (χ0v) is 15.6. The van der Waals surface area contributed by atoms with Crippen LogP contribution in [0.5, 0.6) is 0 Å². The minimum Gasteiger partial charge on any atom is -0.373 e. The van der Waals surface area contributed by atoms with E-state index in [0.717, 1.165) is 41.6 Å². The SMILES string of the molecule is OC(N[C@@H]1CN2CCC1CC2)c1nn(CC(F)(F)F)c2ccc(Br)cc12. The van der Waals surface area contributed by atoms with E-state index in [4.69, 9.17) is 0 Å². The first-order valence-electron chi connectivity index (χ1n) is 8.69. The van der Waals surface area contributed by atoms with Crippen molar-refractivity contribution in [1.29, 1.82) is 0 Å². The van der Waals surface area contributed by atoms with Crippen LogP contribution in [0.15, 0.2) is 22.7 Å². The number of alkyl halides is 3. The number of aliphatic hydroxyl groups is 1. The molecule has 1 aromatic carbocycles. The summed E-state index contributed by atoms with van der Waals surface area (Å²) in [6, 6.07) is 5.09. The Morgan fingerprint density at radius 2 is 2.04 bits per heavy atom. The topological polar surface area (TPSA) is 53.3 Å². The Labute approximate surface area is 157 Å². The number of aromatic nitrogens is 2. The van der Waals surface area contributed by atoms with E-state index in [9.17, 15) is 18.3 Å². The van der Waals surface area contributed by atoms with Crippen LogP contribution >= 0.6 is 15.9 Å². The predicted molar refractivity (Wildman–Crippen MR) is 94.5 cm³/mol. The number of aliphatic hydroxyl groups excluding tert-OH is 1. The van der Waals surface area contributed by atoms with Gasteiger partial charge >= 0.3 is 6.18 Å². The lowest BCUT2D eigenvalue weighted by molar-refractivity contribution is -0.142. The molecule has 4 heterocycles. The molecule has 2 bridgehead atoms. The summed E-state index contributed by atoms with van der Waals surface area (Å²) >= 11 is 3.34. The highest BCUT2D eigenvalue weighted by Gasteiger charge is 2.36. The molecule has 3 aliphatic heterocycles. The summed E-state index contributed by atoms with van der Waals surface area (Å²) < 4.78 is 40.3. The molecule has 1 aromatic heterocycles. The minimum atomic E-state index is -4.38. The number of benzene rings is 1. The molecular formula is C17H20BrF3N4O. The Kier molecular flexibility index (Phi) is 4.75. The number of piperidine rings is 3. The average molecular weight is 433 g/mol. The number of nitrogens with zero attached hydrogens (tertiary/aromatic N) is 3. The molecule has 2 atom stereocenters. The zero-order valence-electron chi connectivity index (χ0n) is 14.0. The Morgan fingerprint density at radius 1 is 1.31 bits per heavy atom. The molecule has 2 N–H and O–H groups in total. The first-order valence-corrected chi connectivity index (χ1v) is 9.48. The van der Waals surface area contributed by atoms with Gasteiger partial charge in [0.1, 0.15) is 12.2 Å². The Hall–Kier alpha value is -1.16. The molecule has 142 valence electrons. The van der Waals surface area contributed by atoms with Gasteiger partial charge in [-0.2, -0.15) is 18.3 Å². The Balaban J connectivity index is 1.63. The van der Waals surface area contributed by atoms with Gasteiger partial charge in [-0.05, 0) is 50.0 Å². The average Bonchev–Trinajstić information content (AvgIpc) is 2.92. The van der Waals surface area contributed by atoms with Gasteiger partial charge < -0.3 is 10.0 Å². The van der Waals surface area contributed by atoms with Crippen molar-refractivity contribution in [3.63, 3.8) is 0 Å². The third-order valence-corrected chi connectivity index (χ3v) is 5.85. The highest BCUT2D eigenvalue weighted by molar-refractivity contribution is 9.10. The zero-order chi connectivity index (χ0) is 18.5. The van der Waals surface area contributed by atoms with E-state index < -0.39 is 18.9 Å². The van der Waals surface area contributed by atoms with Crippen LogP contribution in [-0.4, -0.2) is 51.6 Å². The van der Waals surface area contributed by atoms with E-state index in [-0.39, 0.29) is 11.7 Å². The molecule has 5 nitrogen and oxygen atoms in total. The molecule has 3 aliphatic rings. The summed E-state index contributed by atoms with van der Waals surface area (Å²) in [5.74, 6) is 0.491. The molecule has 5 rings (SSSR count). The van der Waals surface area contributed by atoms with Crippen molar-refractivity contribution in [3.8, 4) is 0 Å². The maximum absolute atomic E-state index is 12.9. The van der Waals surface area contributed by atoms with Crippen LogP contribution in [0.2, 0.25) is 0 Å². The molecule has 0 saturated carbocycles. The van der Waals surface area contributed by atoms with Crippen LogP contribution in [0.25, 0.3) is 10.9 Å². The fourth-order valence-electron chi connectivity index (χ4n) is 4.10. The number of rotatable bonds is 4. The molecule has 26 heavy (non-hydrogen) atoms. The van der Waals surface area contributed by atoms with E-state index in [1.54, 1.807) is 18.2 Å². The van der Waals surface area contributed by atoms with Gasteiger partial charge in [-0.3, -0.25) is 10.00 Å². The van der Waals surface area contributed by atoms with Crippen molar-refractivity contribution >= 4 is 26.8 Å². The second kappa shape index (κ2) is 6.78. The van der Waals surface area contributed by atoms with Gasteiger partial charge in [-0.25, -0.2) is 0 Å². The van der Waals surface area contributed by atoms with Gasteiger partial charge in [0.25, 0.3) is 0 Å². The van der Waals surface area contributed by atoms with Crippen molar-refractivity contribution in [2.75, 3.05) is 19.6 Å². The summed E-state index contributed by atoms with van der Waals surface area (Å²) in [6.07, 6.45) is -3.32. The second-order valence-corrected chi connectivity index (χ2v) is 8.05. The Bertz CT molecular complexity index is 801. The summed E-state index contributed by atoms with van der Waals surface area (Å²) in [6.45, 7) is 1.83. The maximum atomic E-state index is 12.9. The van der Waals surface area contributed by atoms with Crippen molar-refractivity contribution in [2.45, 2.75) is 37.8 Å². The van der Waals surface area contributed by atoms with Crippen LogP contribution in [0, 0.1) is 5.92 Å². The van der Waals surface area contributed by atoms with Crippen molar-refractivity contribution < 1.29 is 18.3 Å². The molecular weight excluding hydrogens is 413 g/mol. The van der Waals surface area contributed by atoms with Crippen LogP contribution in [0.4, 0.5) is 13.2 Å². The van der Waals surface area contributed by atoms with Gasteiger partial charge in [-0.1, -0.05) is 15.9 Å². The number of halogens is 4. The molecule has 1 unspecified atom stereocenters. The molecule has 0 spiro atoms. The fourth-order valence-corrected chi connectivity index (χ4v) is 4.47. The quantitative estimate of drug-likeness (QED) is 0.729.